The summed E-state index contributed by atoms with van der Waals surface area (Å²) in [5.41, 5.74) is 0.604. The van der Waals surface area contributed by atoms with Crippen molar-refractivity contribution in [2.45, 2.75) is 0 Å². The Hall–Kier alpha value is -2.10. The minimum atomic E-state index is -1.24. The first-order valence-electron chi connectivity index (χ1n) is 4.98. The van der Waals surface area contributed by atoms with E-state index >= 15 is 0 Å². The third kappa shape index (κ3) is 3.68. The molecule has 0 spiro atoms. The van der Waals surface area contributed by atoms with E-state index in [-0.39, 0.29) is 16.1 Å². The Labute approximate surface area is 116 Å². The van der Waals surface area contributed by atoms with Gasteiger partial charge in [0.1, 0.15) is 10.7 Å². The number of nitrogens with one attached hydrogen (secondary N) is 1. The molecule has 0 saturated heterocycles. The van der Waals surface area contributed by atoms with Crippen molar-refractivity contribution < 1.29 is 14.3 Å². The molecule has 1 aromatic carbocycles. The van der Waals surface area contributed by atoms with Gasteiger partial charge in [-0.15, -0.1) is 0 Å². The van der Waals surface area contributed by atoms with E-state index in [1.807, 2.05) is 0 Å². The van der Waals surface area contributed by atoms with Crippen molar-refractivity contribution in [2.75, 3.05) is 5.32 Å². The zero-order chi connectivity index (χ0) is 13.8. The van der Waals surface area contributed by atoms with Crippen LogP contribution in [-0.2, 0) is 0 Å². The maximum atomic E-state index is 12.7. The number of thiazole rings is 1. The monoisotopic (exact) mass is 296 g/mol. The van der Waals surface area contributed by atoms with Gasteiger partial charge in [0.25, 0.3) is 0 Å². The predicted octanol–water partition coefficient (Wildman–Crippen LogP) is 3.43. The Morgan fingerprint density at radius 1 is 1.37 bits per heavy atom. The number of hydrogen-bond donors (Lipinski definition) is 2. The first-order chi connectivity index (χ1) is 9.04. The van der Waals surface area contributed by atoms with Gasteiger partial charge < -0.3 is 5.11 Å². The third-order valence-corrected chi connectivity index (χ3v) is 3.07. The fourth-order valence-corrected chi connectivity index (χ4v) is 2.14. The molecule has 4 nitrogen and oxygen atoms in total. The molecule has 7 heteroatoms. The predicted molar refractivity (Wildman–Crippen MR) is 71.2 cm³/mol. The molecule has 1 heterocycles. The summed E-state index contributed by atoms with van der Waals surface area (Å²) in [5, 5.41) is 10.7. The summed E-state index contributed by atoms with van der Waals surface area (Å²) in [6, 6.07) is 5.63. The second-order valence-electron chi connectivity index (χ2n) is 3.33. The molecule has 2 N–H and O–H groups in total. The number of benzene rings is 1. The molecule has 0 unspecified atom stereocenters. The van der Waals surface area contributed by atoms with E-state index in [1.165, 1.54) is 24.3 Å². The second kappa shape index (κ2) is 5.69. The number of hydrogen-bond acceptors (Lipinski definition) is 3. The van der Waals surface area contributed by atoms with E-state index < -0.39 is 6.09 Å². The van der Waals surface area contributed by atoms with Crippen LogP contribution in [0.1, 0.15) is 10.4 Å². The second-order valence-corrected chi connectivity index (χ2v) is 4.91. The molecule has 19 heavy (non-hydrogen) atoms. The highest BCUT2D eigenvalue weighted by Gasteiger charge is 2.10. The summed E-state index contributed by atoms with van der Waals surface area (Å²) >= 11 is 6.77. The lowest BCUT2D eigenvalue weighted by atomic mass is 10.2. The lowest BCUT2D eigenvalue weighted by Gasteiger charge is -1.94. The Kier molecular flexibility index (Phi) is 4.00. The van der Waals surface area contributed by atoms with Crippen LogP contribution in [0.15, 0.2) is 24.3 Å². The number of nitrogens with zero attached hydrogens (tertiary/aromatic N) is 1. The molecule has 0 radical (unpaired) electrons. The van der Waals surface area contributed by atoms with Gasteiger partial charge in [-0.05, 0) is 30.2 Å². The van der Waals surface area contributed by atoms with Gasteiger partial charge in [0.05, 0.1) is 0 Å². The van der Waals surface area contributed by atoms with Crippen molar-refractivity contribution >= 4 is 34.8 Å². The summed E-state index contributed by atoms with van der Waals surface area (Å²) in [4.78, 5) is 14.8. The van der Waals surface area contributed by atoms with E-state index in [9.17, 15) is 9.18 Å². The lowest BCUT2D eigenvalue weighted by Crippen LogP contribution is -2.08. The van der Waals surface area contributed by atoms with Crippen molar-refractivity contribution in [3.05, 3.63) is 45.0 Å². The van der Waals surface area contributed by atoms with Gasteiger partial charge >= 0.3 is 6.09 Å². The van der Waals surface area contributed by atoms with Crippen LogP contribution in [0.3, 0.4) is 0 Å². The summed E-state index contributed by atoms with van der Waals surface area (Å²) in [6.45, 7) is 0. The van der Waals surface area contributed by atoms with Crippen LogP contribution >= 0.6 is 22.9 Å². The number of halogens is 2. The minimum Gasteiger partial charge on any atom is -0.465 e. The van der Waals surface area contributed by atoms with Crippen molar-refractivity contribution in [1.29, 1.82) is 0 Å². The molecule has 0 saturated carbocycles. The van der Waals surface area contributed by atoms with Crippen molar-refractivity contribution in [3.8, 4) is 11.8 Å². The average molecular weight is 297 g/mol. The first-order valence-corrected chi connectivity index (χ1v) is 6.18. The quantitative estimate of drug-likeness (QED) is 0.793. The van der Waals surface area contributed by atoms with Gasteiger partial charge in [0.2, 0.25) is 0 Å². The molecule has 96 valence electrons. The van der Waals surface area contributed by atoms with Crippen LogP contribution in [0.25, 0.3) is 0 Å². The molecule has 1 aromatic heterocycles. The molecule has 0 aliphatic heterocycles. The van der Waals surface area contributed by atoms with Crippen LogP contribution in [0.4, 0.5) is 15.0 Å². The highest BCUT2D eigenvalue weighted by molar-refractivity contribution is 7.16. The molecular weight excluding hydrogens is 291 g/mol. The molecule has 0 fully saturated rings. The average Bonchev–Trinajstić information content (AvgIpc) is 2.68. The van der Waals surface area contributed by atoms with Gasteiger partial charge in [-0.25, -0.2) is 14.2 Å². The van der Waals surface area contributed by atoms with Crippen molar-refractivity contribution in [2.24, 2.45) is 0 Å². The third-order valence-electron chi connectivity index (χ3n) is 1.99. The van der Waals surface area contributed by atoms with Crippen molar-refractivity contribution in [1.82, 2.24) is 4.98 Å². The molecular formula is C12H6ClFN2O2S. The van der Waals surface area contributed by atoms with Crippen LogP contribution in [0, 0.1) is 17.7 Å². The normalized spacial score (nSPS) is 9.58. The Morgan fingerprint density at radius 2 is 2.05 bits per heavy atom. The fourth-order valence-electron chi connectivity index (χ4n) is 1.23. The highest BCUT2D eigenvalue weighted by Crippen LogP contribution is 2.25. The van der Waals surface area contributed by atoms with Crippen molar-refractivity contribution in [3.63, 3.8) is 0 Å². The largest absolute Gasteiger partial charge is 0.465 e. The number of anilines is 1. The summed E-state index contributed by atoms with van der Waals surface area (Å²) in [7, 11) is 0. The molecule has 1 amide bonds. The molecule has 2 rings (SSSR count). The van der Waals surface area contributed by atoms with Gasteiger partial charge in [-0.3, -0.25) is 5.32 Å². The SMILES string of the molecule is O=C(O)Nc1nc(Cl)sc1C#Cc1ccc(F)cc1. The van der Waals surface area contributed by atoms with Crippen LogP contribution < -0.4 is 5.32 Å². The lowest BCUT2D eigenvalue weighted by molar-refractivity contribution is 0.209. The van der Waals surface area contributed by atoms with E-state index in [1.54, 1.807) is 0 Å². The smallest absolute Gasteiger partial charge is 0.410 e. The van der Waals surface area contributed by atoms with Gasteiger partial charge in [-0.2, -0.15) is 0 Å². The maximum Gasteiger partial charge on any atom is 0.410 e. The van der Waals surface area contributed by atoms with E-state index in [4.69, 9.17) is 16.7 Å². The van der Waals surface area contributed by atoms with E-state index in [0.29, 0.717) is 10.4 Å². The summed E-state index contributed by atoms with van der Waals surface area (Å²) < 4.78 is 12.9. The number of carboxylic acid groups (broad SMARTS) is 1. The molecule has 0 atom stereocenters. The zero-order valence-electron chi connectivity index (χ0n) is 9.28. The standard InChI is InChI=1S/C12H6ClFN2O2S/c13-11-15-10(16-12(17)18)9(19-11)6-3-7-1-4-8(14)5-2-7/h1-2,4-5,16H,(H,17,18). The molecule has 0 aliphatic carbocycles. The van der Waals surface area contributed by atoms with Gasteiger partial charge in [0, 0.05) is 5.56 Å². The molecule has 0 bridgehead atoms. The van der Waals surface area contributed by atoms with Crippen LogP contribution in [-0.4, -0.2) is 16.2 Å². The minimum absolute atomic E-state index is 0.0945. The fraction of sp³-hybridized carbons (Fsp3) is 0. The number of rotatable bonds is 1. The Morgan fingerprint density at radius 3 is 2.68 bits per heavy atom. The van der Waals surface area contributed by atoms with Gasteiger partial charge in [0.15, 0.2) is 10.3 Å². The zero-order valence-corrected chi connectivity index (χ0v) is 10.8. The molecule has 2 aromatic rings. The topological polar surface area (TPSA) is 62.2 Å². The highest BCUT2D eigenvalue weighted by atomic mass is 35.5. The number of amides is 1. The number of aromatic nitrogens is 1. The summed E-state index contributed by atoms with van der Waals surface area (Å²) in [6.07, 6.45) is -1.24. The molecule has 0 aliphatic rings. The van der Waals surface area contributed by atoms with Gasteiger partial charge in [-0.1, -0.05) is 28.9 Å². The summed E-state index contributed by atoms with van der Waals surface area (Å²) in [5.74, 6) is 5.27. The van der Waals surface area contributed by atoms with E-state index in [0.717, 1.165) is 11.3 Å². The van der Waals surface area contributed by atoms with Crippen LogP contribution in [0.5, 0.6) is 0 Å². The maximum absolute atomic E-state index is 12.7. The van der Waals surface area contributed by atoms with Crippen LogP contribution in [0.2, 0.25) is 4.47 Å². The van der Waals surface area contributed by atoms with E-state index in [2.05, 4.69) is 22.1 Å². The Bertz CT molecular complexity index is 673. The number of carbonyl (C=O) groups is 1. The first kappa shape index (κ1) is 13.3. The Balaban J connectivity index is 2.28.